The van der Waals surface area contributed by atoms with Crippen molar-refractivity contribution >= 4 is 0 Å². The van der Waals surface area contributed by atoms with Gasteiger partial charge < -0.3 is 10.1 Å². The van der Waals surface area contributed by atoms with Gasteiger partial charge in [0.05, 0.1) is 12.6 Å². The van der Waals surface area contributed by atoms with Gasteiger partial charge in [0, 0.05) is 32.6 Å². The average Bonchev–Trinajstić information content (AvgIpc) is 2.87. The highest BCUT2D eigenvalue weighted by Crippen LogP contribution is 2.33. The van der Waals surface area contributed by atoms with E-state index in [2.05, 4.69) is 5.32 Å². The number of ether oxygens (including phenoxy) is 1. The van der Waals surface area contributed by atoms with Gasteiger partial charge in [0.2, 0.25) is 0 Å². The molecule has 5 heteroatoms. The van der Waals surface area contributed by atoms with Crippen molar-refractivity contribution in [2.24, 2.45) is 0 Å². The Morgan fingerprint density at radius 1 is 1.21 bits per heavy atom. The van der Waals surface area contributed by atoms with Crippen molar-refractivity contribution in [2.75, 3.05) is 32.8 Å². The van der Waals surface area contributed by atoms with Gasteiger partial charge in [0.25, 0.3) is 6.43 Å². The molecule has 104 valence electrons. The summed E-state index contributed by atoms with van der Waals surface area (Å²) in [7, 11) is 0. The summed E-state index contributed by atoms with van der Waals surface area (Å²) in [5.74, 6) is 0.845. The van der Waals surface area contributed by atoms with Crippen LogP contribution in [-0.4, -0.2) is 44.1 Å². The number of nitrogens with zero attached hydrogens (tertiary/aromatic N) is 1. The molecular formula is C14H18F2N2O. The predicted molar refractivity (Wildman–Crippen MR) is 68.8 cm³/mol. The number of hydrogen-bond donors (Lipinski definition) is 1. The first-order valence-corrected chi connectivity index (χ1v) is 6.74. The van der Waals surface area contributed by atoms with Gasteiger partial charge in [-0.3, -0.25) is 4.90 Å². The quantitative estimate of drug-likeness (QED) is 0.905. The van der Waals surface area contributed by atoms with Gasteiger partial charge in [-0.1, -0.05) is 12.1 Å². The summed E-state index contributed by atoms with van der Waals surface area (Å²) in [6, 6.07) is 4.70. The van der Waals surface area contributed by atoms with Crippen LogP contribution < -0.4 is 10.1 Å². The molecule has 0 unspecified atom stereocenters. The normalized spacial score (nSPS) is 21.2. The van der Waals surface area contributed by atoms with Gasteiger partial charge in [-0.25, -0.2) is 8.78 Å². The Kier molecular flexibility index (Phi) is 3.66. The molecule has 0 aromatic heterocycles. The van der Waals surface area contributed by atoms with E-state index in [0.29, 0.717) is 25.3 Å². The van der Waals surface area contributed by atoms with Gasteiger partial charge in [0.15, 0.2) is 0 Å². The summed E-state index contributed by atoms with van der Waals surface area (Å²) in [5.41, 5.74) is 1.76. The van der Waals surface area contributed by atoms with Crippen LogP contribution in [0.2, 0.25) is 0 Å². The molecule has 2 aliphatic heterocycles. The molecule has 3 rings (SSSR count). The van der Waals surface area contributed by atoms with E-state index in [1.165, 1.54) is 0 Å². The van der Waals surface area contributed by atoms with E-state index in [9.17, 15) is 8.78 Å². The highest BCUT2D eigenvalue weighted by Gasteiger charge is 2.30. The molecule has 0 radical (unpaired) electrons. The van der Waals surface area contributed by atoms with Crippen LogP contribution in [0.15, 0.2) is 18.2 Å². The fraction of sp³-hybridized carbons (Fsp3) is 0.571. The number of rotatable bonds is 3. The predicted octanol–water partition coefficient (Wildman–Crippen LogP) is 1.83. The molecule has 1 aromatic carbocycles. The van der Waals surface area contributed by atoms with Crippen molar-refractivity contribution in [1.82, 2.24) is 10.2 Å². The van der Waals surface area contributed by atoms with Crippen molar-refractivity contribution in [3.63, 3.8) is 0 Å². The van der Waals surface area contributed by atoms with E-state index in [1.807, 2.05) is 17.0 Å². The lowest BCUT2D eigenvalue weighted by atomic mass is 10.0. The van der Waals surface area contributed by atoms with E-state index >= 15 is 0 Å². The molecule has 1 saturated heterocycles. The van der Waals surface area contributed by atoms with E-state index in [4.69, 9.17) is 4.74 Å². The second-order valence-corrected chi connectivity index (χ2v) is 5.03. The molecule has 0 saturated carbocycles. The maximum absolute atomic E-state index is 13.4. The molecule has 2 heterocycles. The summed E-state index contributed by atoms with van der Waals surface area (Å²) in [4.78, 5) is 1.87. The monoisotopic (exact) mass is 268 g/mol. The number of halogens is 2. The van der Waals surface area contributed by atoms with Crippen LogP contribution in [0.4, 0.5) is 8.78 Å². The summed E-state index contributed by atoms with van der Waals surface area (Å²) >= 11 is 0. The zero-order chi connectivity index (χ0) is 13.2. The first kappa shape index (κ1) is 12.8. The van der Waals surface area contributed by atoms with Crippen molar-refractivity contribution in [3.05, 3.63) is 29.3 Å². The van der Waals surface area contributed by atoms with Gasteiger partial charge in [-0.2, -0.15) is 0 Å². The second kappa shape index (κ2) is 5.43. The standard InChI is InChI=1S/C14H18F2N2O/c15-14(16)13(18-6-4-17-5-7-18)11-1-2-12-10(9-11)3-8-19-12/h1-2,9,13-14,17H,3-8H2/t13-/m0/s1. The molecule has 0 bridgehead atoms. The van der Waals surface area contributed by atoms with Crippen LogP contribution in [0.3, 0.4) is 0 Å². The number of piperazine rings is 1. The third kappa shape index (κ3) is 2.58. The molecule has 1 atom stereocenters. The topological polar surface area (TPSA) is 24.5 Å². The van der Waals surface area contributed by atoms with E-state index in [-0.39, 0.29) is 0 Å². The van der Waals surface area contributed by atoms with Crippen molar-refractivity contribution in [2.45, 2.75) is 18.9 Å². The number of fused-ring (bicyclic) bond motifs is 1. The summed E-state index contributed by atoms with van der Waals surface area (Å²) < 4.78 is 32.3. The van der Waals surface area contributed by atoms with Crippen LogP contribution in [0, 0.1) is 0 Å². The van der Waals surface area contributed by atoms with Gasteiger partial charge in [-0.15, -0.1) is 0 Å². The van der Waals surface area contributed by atoms with Crippen molar-refractivity contribution < 1.29 is 13.5 Å². The third-order valence-corrected chi connectivity index (χ3v) is 3.84. The molecule has 1 N–H and O–H groups in total. The maximum atomic E-state index is 13.4. The fourth-order valence-electron chi connectivity index (χ4n) is 2.87. The number of nitrogens with one attached hydrogen (secondary N) is 1. The van der Waals surface area contributed by atoms with Gasteiger partial charge in [0.1, 0.15) is 5.75 Å². The number of benzene rings is 1. The minimum atomic E-state index is -2.36. The maximum Gasteiger partial charge on any atom is 0.258 e. The van der Waals surface area contributed by atoms with Crippen LogP contribution in [-0.2, 0) is 6.42 Å². The van der Waals surface area contributed by atoms with Crippen LogP contribution in [0.1, 0.15) is 17.2 Å². The first-order chi connectivity index (χ1) is 9.25. The summed E-state index contributed by atoms with van der Waals surface area (Å²) in [6.45, 7) is 3.55. The Labute approximate surface area is 111 Å². The van der Waals surface area contributed by atoms with Crippen LogP contribution in [0.5, 0.6) is 5.75 Å². The molecule has 0 spiro atoms. The lowest BCUT2D eigenvalue weighted by Crippen LogP contribution is -2.46. The average molecular weight is 268 g/mol. The Bertz CT molecular complexity index is 447. The van der Waals surface area contributed by atoms with Crippen molar-refractivity contribution in [3.8, 4) is 5.75 Å². The SMILES string of the molecule is FC(F)[C@H](c1ccc2c(c1)CCO2)N1CCNCC1. The zero-order valence-electron chi connectivity index (χ0n) is 10.7. The second-order valence-electron chi connectivity index (χ2n) is 5.03. The third-order valence-electron chi connectivity index (χ3n) is 3.84. The van der Waals surface area contributed by atoms with E-state index in [1.54, 1.807) is 6.07 Å². The Morgan fingerprint density at radius 2 is 2.00 bits per heavy atom. The largest absolute Gasteiger partial charge is 0.493 e. The van der Waals surface area contributed by atoms with E-state index in [0.717, 1.165) is 30.8 Å². The molecule has 3 nitrogen and oxygen atoms in total. The lowest BCUT2D eigenvalue weighted by Gasteiger charge is -2.34. The summed E-state index contributed by atoms with van der Waals surface area (Å²) in [5, 5.41) is 3.20. The lowest BCUT2D eigenvalue weighted by molar-refractivity contribution is 0.0181. The molecule has 1 aromatic rings. The van der Waals surface area contributed by atoms with Crippen LogP contribution in [0.25, 0.3) is 0 Å². The fourth-order valence-corrected chi connectivity index (χ4v) is 2.87. The molecular weight excluding hydrogens is 250 g/mol. The Morgan fingerprint density at radius 3 is 2.74 bits per heavy atom. The van der Waals surface area contributed by atoms with Gasteiger partial charge in [-0.05, 0) is 17.2 Å². The minimum Gasteiger partial charge on any atom is -0.493 e. The molecule has 19 heavy (non-hydrogen) atoms. The van der Waals surface area contributed by atoms with Crippen molar-refractivity contribution in [1.29, 1.82) is 0 Å². The minimum absolute atomic E-state index is 0.658. The highest BCUT2D eigenvalue weighted by atomic mass is 19.3. The molecule has 2 aliphatic rings. The highest BCUT2D eigenvalue weighted by molar-refractivity contribution is 5.41. The van der Waals surface area contributed by atoms with Gasteiger partial charge >= 0.3 is 0 Å². The smallest absolute Gasteiger partial charge is 0.258 e. The molecule has 0 amide bonds. The van der Waals surface area contributed by atoms with Crippen LogP contribution >= 0.6 is 0 Å². The Hall–Kier alpha value is -1.20. The molecule has 0 aliphatic carbocycles. The Balaban J connectivity index is 1.87. The van der Waals surface area contributed by atoms with E-state index < -0.39 is 12.5 Å². The molecule has 1 fully saturated rings. The number of hydrogen-bond acceptors (Lipinski definition) is 3. The summed E-state index contributed by atoms with van der Waals surface area (Å²) in [6.07, 6.45) is -1.54. The number of alkyl halides is 2. The zero-order valence-corrected chi connectivity index (χ0v) is 10.7. The first-order valence-electron chi connectivity index (χ1n) is 6.74.